The van der Waals surface area contributed by atoms with Crippen LogP contribution in [0, 0.1) is 11.8 Å². The largest absolute Gasteiger partial charge is 0.492 e. The van der Waals surface area contributed by atoms with Gasteiger partial charge in [0.25, 0.3) is 0 Å². The number of likely N-dealkylation sites (tertiary alicyclic amines) is 1. The molecule has 3 aliphatic rings. The zero-order valence-corrected chi connectivity index (χ0v) is 17.9. The number of imide groups is 1. The van der Waals surface area contributed by atoms with Gasteiger partial charge in [-0.2, -0.15) is 0 Å². The molecule has 7 nitrogen and oxygen atoms in total. The van der Waals surface area contributed by atoms with E-state index in [1.165, 1.54) is 11.8 Å². The van der Waals surface area contributed by atoms with Crippen LogP contribution in [0.4, 0.5) is 5.69 Å². The van der Waals surface area contributed by atoms with Crippen molar-refractivity contribution in [3.8, 4) is 5.75 Å². The second kappa shape index (κ2) is 8.63. The minimum absolute atomic E-state index is 0.0720. The molecule has 2 fully saturated rings. The molecule has 1 aromatic carbocycles. The molecule has 2 saturated heterocycles. The van der Waals surface area contributed by atoms with Crippen LogP contribution in [0.25, 0.3) is 0 Å². The summed E-state index contributed by atoms with van der Waals surface area (Å²) in [6.07, 6.45) is 5.02. The van der Waals surface area contributed by atoms with E-state index in [0.29, 0.717) is 41.8 Å². The van der Waals surface area contributed by atoms with Crippen molar-refractivity contribution in [1.82, 2.24) is 9.80 Å². The number of allylic oxidation sites excluding steroid dienone is 2. The van der Waals surface area contributed by atoms with E-state index < -0.39 is 0 Å². The SMILES string of the molecule is CCOc1ccccc1N=C1SCC(C)N1C(=O)CN1C(=O)C2CC=CCC2C1=O. The van der Waals surface area contributed by atoms with Crippen LogP contribution < -0.4 is 4.74 Å². The van der Waals surface area contributed by atoms with Crippen molar-refractivity contribution >= 4 is 40.3 Å². The third kappa shape index (κ3) is 3.76. The Morgan fingerprint density at radius 1 is 1.17 bits per heavy atom. The lowest BCUT2D eigenvalue weighted by Crippen LogP contribution is -2.46. The van der Waals surface area contributed by atoms with Gasteiger partial charge in [-0.25, -0.2) is 4.99 Å². The lowest BCUT2D eigenvalue weighted by Gasteiger charge is -2.24. The summed E-state index contributed by atoms with van der Waals surface area (Å²) in [6, 6.07) is 7.36. The minimum atomic E-state index is -0.327. The first kappa shape index (κ1) is 20.7. The summed E-state index contributed by atoms with van der Waals surface area (Å²) in [6.45, 7) is 4.13. The fourth-order valence-corrected chi connectivity index (χ4v) is 5.26. The van der Waals surface area contributed by atoms with Gasteiger partial charge in [0.2, 0.25) is 17.7 Å². The first-order chi connectivity index (χ1) is 14.5. The maximum atomic E-state index is 13.2. The van der Waals surface area contributed by atoms with Crippen LogP contribution in [0.1, 0.15) is 26.7 Å². The lowest BCUT2D eigenvalue weighted by molar-refractivity contribution is -0.145. The second-order valence-corrected chi connectivity index (χ2v) is 8.62. The Labute approximate surface area is 180 Å². The molecule has 3 atom stereocenters. The van der Waals surface area contributed by atoms with Crippen molar-refractivity contribution in [2.24, 2.45) is 16.8 Å². The number of nitrogens with zero attached hydrogens (tertiary/aromatic N) is 3. The standard InChI is InChI=1S/C22H25N3O4S/c1-3-29-18-11-7-6-10-17(18)23-22-25(14(2)13-30-22)19(26)12-24-20(27)15-8-4-5-9-16(15)21(24)28/h4-7,10-11,14-16H,3,8-9,12-13H2,1-2H3. The third-order valence-electron chi connectivity index (χ3n) is 5.64. The number of thioether (sulfide) groups is 1. The minimum Gasteiger partial charge on any atom is -0.492 e. The summed E-state index contributed by atoms with van der Waals surface area (Å²) in [5, 5.41) is 0.567. The molecular weight excluding hydrogens is 402 g/mol. The molecule has 1 aliphatic carbocycles. The molecule has 0 aromatic heterocycles. The Morgan fingerprint density at radius 2 is 1.83 bits per heavy atom. The van der Waals surface area contributed by atoms with Gasteiger partial charge in [-0.05, 0) is 38.8 Å². The zero-order chi connectivity index (χ0) is 21.3. The molecule has 0 N–H and O–H groups in total. The van der Waals surface area contributed by atoms with Crippen molar-refractivity contribution in [2.75, 3.05) is 18.9 Å². The Morgan fingerprint density at radius 3 is 2.50 bits per heavy atom. The van der Waals surface area contributed by atoms with Gasteiger partial charge in [-0.1, -0.05) is 36.0 Å². The third-order valence-corrected chi connectivity index (χ3v) is 6.84. The number of hydrogen-bond acceptors (Lipinski definition) is 6. The maximum Gasteiger partial charge on any atom is 0.248 e. The molecule has 1 aromatic rings. The quantitative estimate of drug-likeness (QED) is 0.533. The van der Waals surface area contributed by atoms with E-state index >= 15 is 0 Å². The monoisotopic (exact) mass is 427 g/mol. The molecule has 0 radical (unpaired) electrons. The Kier molecular flexibility index (Phi) is 5.94. The highest BCUT2D eigenvalue weighted by Crippen LogP contribution is 2.36. The van der Waals surface area contributed by atoms with Crippen LogP contribution in [-0.2, 0) is 14.4 Å². The van der Waals surface area contributed by atoms with E-state index in [-0.39, 0.29) is 42.1 Å². The number of para-hydroxylation sites is 2. The van der Waals surface area contributed by atoms with Crippen molar-refractivity contribution in [2.45, 2.75) is 32.7 Å². The smallest absolute Gasteiger partial charge is 0.248 e. The zero-order valence-electron chi connectivity index (χ0n) is 17.1. The maximum absolute atomic E-state index is 13.2. The van der Waals surface area contributed by atoms with Gasteiger partial charge >= 0.3 is 0 Å². The van der Waals surface area contributed by atoms with Crippen LogP contribution in [0.3, 0.4) is 0 Å². The molecule has 3 unspecified atom stereocenters. The van der Waals surface area contributed by atoms with Crippen LogP contribution in [0.2, 0.25) is 0 Å². The highest BCUT2D eigenvalue weighted by molar-refractivity contribution is 8.14. The summed E-state index contributed by atoms with van der Waals surface area (Å²) < 4.78 is 5.64. The number of fused-ring (bicyclic) bond motifs is 1. The predicted octanol–water partition coefficient (Wildman–Crippen LogP) is 2.99. The van der Waals surface area contributed by atoms with E-state index in [1.807, 2.05) is 50.3 Å². The second-order valence-electron chi connectivity index (χ2n) is 7.64. The van der Waals surface area contributed by atoms with Crippen molar-refractivity contribution in [3.63, 3.8) is 0 Å². The van der Waals surface area contributed by atoms with Gasteiger partial charge in [0.05, 0.1) is 18.4 Å². The molecule has 2 heterocycles. The van der Waals surface area contributed by atoms with Crippen LogP contribution >= 0.6 is 11.8 Å². The number of carbonyl (C=O) groups excluding carboxylic acids is 3. The molecule has 0 saturated carbocycles. The number of amidine groups is 1. The van der Waals surface area contributed by atoms with Crippen molar-refractivity contribution in [1.29, 1.82) is 0 Å². The summed E-state index contributed by atoms with van der Waals surface area (Å²) in [5.41, 5.74) is 0.652. The highest BCUT2D eigenvalue weighted by atomic mass is 32.2. The van der Waals surface area contributed by atoms with Crippen LogP contribution in [-0.4, -0.2) is 57.6 Å². The summed E-state index contributed by atoms with van der Waals surface area (Å²) >= 11 is 1.49. The topological polar surface area (TPSA) is 79.3 Å². The van der Waals surface area contributed by atoms with Gasteiger partial charge in [0.15, 0.2) is 5.17 Å². The number of ether oxygens (including phenoxy) is 1. The molecule has 8 heteroatoms. The fraction of sp³-hybridized carbons (Fsp3) is 0.455. The average Bonchev–Trinajstić information content (AvgIpc) is 3.22. The Balaban J connectivity index is 1.54. The average molecular weight is 428 g/mol. The normalized spacial score (nSPS) is 27.1. The Hall–Kier alpha value is -2.61. The predicted molar refractivity (Wildman–Crippen MR) is 116 cm³/mol. The highest BCUT2D eigenvalue weighted by Gasteiger charge is 2.48. The summed E-state index contributed by atoms with van der Waals surface area (Å²) in [5.74, 6) is -0.0446. The molecule has 30 heavy (non-hydrogen) atoms. The number of rotatable bonds is 5. The fourth-order valence-electron chi connectivity index (χ4n) is 4.13. The van der Waals surface area contributed by atoms with E-state index in [4.69, 9.17) is 4.74 Å². The van der Waals surface area contributed by atoms with E-state index in [2.05, 4.69) is 4.99 Å². The lowest BCUT2D eigenvalue weighted by atomic mass is 9.85. The van der Waals surface area contributed by atoms with Gasteiger partial charge in [0.1, 0.15) is 18.0 Å². The number of benzene rings is 1. The van der Waals surface area contributed by atoms with E-state index in [1.54, 1.807) is 4.90 Å². The van der Waals surface area contributed by atoms with Gasteiger partial charge in [-0.15, -0.1) is 0 Å². The molecule has 158 valence electrons. The first-order valence-corrected chi connectivity index (χ1v) is 11.3. The number of hydrogen-bond donors (Lipinski definition) is 0. The van der Waals surface area contributed by atoms with Crippen molar-refractivity contribution < 1.29 is 19.1 Å². The van der Waals surface area contributed by atoms with E-state index in [9.17, 15) is 14.4 Å². The summed E-state index contributed by atoms with van der Waals surface area (Å²) in [4.78, 5) is 46.0. The molecular formula is C22H25N3O4S. The summed E-state index contributed by atoms with van der Waals surface area (Å²) in [7, 11) is 0. The number of amides is 3. The van der Waals surface area contributed by atoms with E-state index in [0.717, 1.165) is 4.90 Å². The molecule has 4 rings (SSSR count). The van der Waals surface area contributed by atoms with Gasteiger partial charge < -0.3 is 4.74 Å². The van der Waals surface area contributed by atoms with Gasteiger partial charge in [0, 0.05) is 11.8 Å². The molecule has 0 spiro atoms. The molecule has 0 bridgehead atoms. The first-order valence-electron chi connectivity index (χ1n) is 10.3. The van der Waals surface area contributed by atoms with Gasteiger partial charge in [-0.3, -0.25) is 24.2 Å². The van der Waals surface area contributed by atoms with Crippen LogP contribution in [0.15, 0.2) is 41.4 Å². The number of carbonyl (C=O) groups is 3. The molecule has 2 aliphatic heterocycles. The van der Waals surface area contributed by atoms with Crippen LogP contribution in [0.5, 0.6) is 5.75 Å². The Bertz CT molecular complexity index is 903. The number of aliphatic imine (C=N–C) groups is 1. The van der Waals surface area contributed by atoms with Crippen molar-refractivity contribution in [3.05, 3.63) is 36.4 Å². The molecule has 3 amide bonds.